The summed E-state index contributed by atoms with van der Waals surface area (Å²) in [6.07, 6.45) is 0.658. The lowest BCUT2D eigenvalue weighted by atomic mass is 10.0. The van der Waals surface area contributed by atoms with Crippen molar-refractivity contribution in [2.75, 3.05) is 6.61 Å². The summed E-state index contributed by atoms with van der Waals surface area (Å²) in [6.45, 7) is 3.70. The summed E-state index contributed by atoms with van der Waals surface area (Å²) >= 11 is 5.94. The van der Waals surface area contributed by atoms with Gasteiger partial charge in [-0.15, -0.1) is 0 Å². The van der Waals surface area contributed by atoms with E-state index < -0.39 is 11.8 Å². The number of benzene rings is 1. The minimum absolute atomic E-state index is 0.0211. The fourth-order valence-electron chi connectivity index (χ4n) is 1.97. The van der Waals surface area contributed by atoms with Crippen LogP contribution in [0.15, 0.2) is 12.1 Å². The fourth-order valence-corrected chi connectivity index (χ4v) is 2.21. The molecule has 18 heavy (non-hydrogen) atoms. The Morgan fingerprint density at radius 2 is 2.22 bits per heavy atom. The van der Waals surface area contributed by atoms with Gasteiger partial charge in [0, 0.05) is 17.0 Å². The van der Waals surface area contributed by atoms with Crippen molar-refractivity contribution >= 4 is 23.4 Å². The summed E-state index contributed by atoms with van der Waals surface area (Å²) in [5.41, 5.74) is 1.03. The smallest absolute Gasteiger partial charge is 0.379 e. The first-order valence-electron chi connectivity index (χ1n) is 5.73. The molecule has 0 radical (unpaired) electrons. The number of carbonyl (C=O) groups excluding carboxylic acids is 2. The molecular weight excluding hydrogens is 256 g/mol. The van der Waals surface area contributed by atoms with Crippen LogP contribution in [0, 0.1) is 0 Å². The van der Waals surface area contributed by atoms with Crippen LogP contribution < -0.4 is 4.74 Å². The molecule has 0 bridgehead atoms. The monoisotopic (exact) mass is 268 g/mol. The number of esters is 1. The topological polar surface area (TPSA) is 52.6 Å². The summed E-state index contributed by atoms with van der Waals surface area (Å²) in [6, 6.07) is 3.19. The Labute approximate surface area is 110 Å². The molecule has 96 valence electrons. The van der Waals surface area contributed by atoms with Crippen molar-refractivity contribution in [1.29, 1.82) is 0 Å². The zero-order valence-electron chi connectivity index (χ0n) is 10.2. The van der Waals surface area contributed by atoms with E-state index in [0.717, 1.165) is 5.56 Å². The molecule has 2 rings (SSSR count). The van der Waals surface area contributed by atoms with Gasteiger partial charge in [0.1, 0.15) is 11.9 Å². The highest BCUT2D eigenvalue weighted by Crippen LogP contribution is 2.35. The Morgan fingerprint density at radius 1 is 1.50 bits per heavy atom. The van der Waals surface area contributed by atoms with Gasteiger partial charge in [0.05, 0.1) is 12.2 Å². The van der Waals surface area contributed by atoms with Gasteiger partial charge in [0.25, 0.3) is 5.78 Å². The van der Waals surface area contributed by atoms with E-state index in [1.54, 1.807) is 13.0 Å². The number of Topliss-reactive ketones (excluding diaryl/α,β-unsaturated/α-hetero) is 1. The minimum Gasteiger partial charge on any atom is -0.489 e. The average Bonchev–Trinajstić information content (AvgIpc) is 2.67. The summed E-state index contributed by atoms with van der Waals surface area (Å²) < 4.78 is 10.3. The van der Waals surface area contributed by atoms with Crippen molar-refractivity contribution in [2.45, 2.75) is 26.4 Å². The van der Waals surface area contributed by atoms with Crippen LogP contribution in [0.25, 0.3) is 0 Å². The molecule has 1 aliphatic rings. The predicted octanol–water partition coefficient (Wildman–Crippen LogP) is 2.41. The van der Waals surface area contributed by atoms with Gasteiger partial charge in [-0.1, -0.05) is 11.6 Å². The van der Waals surface area contributed by atoms with Gasteiger partial charge in [-0.05, 0) is 26.0 Å². The number of fused-ring (bicyclic) bond motifs is 1. The first kappa shape index (κ1) is 12.9. The van der Waals surface area contributed by atoms with Crippen LogP contribution >= 0.6 is 11.6 Å². The summed E-state index contributed by atoms with van der Waals surface area (Å²) in [4.78, 5) is 23.4. The standard InChI is InChI=1S/C13H13ClO4/c1-3-17-13(16)11(15)10-6-9(14)5-8-4-7(2)18-12(8)10/h5-7H,3-4H2,1-2H3. The van der Waals surface area contributed by atoms with Crippen LogP contribution in [0.3, 0.4) is 0 Å². The first-order chi connectivity index (χ1) is 8.52. The molecule has 0 fully saturated rings. The predicted molar refractivity (Wildman–Crippen MR) is 66.2 cm³/mol. The zero-order chi connectivity index (χ0) is 13.3. The number of ether oxygens (including phenoxy) is 2. The molecule has 0 spiro atoms. The lowest BCUT2D eigenvalue weighted by molar-refractivity contribution is -0.137. The van der Waals surface area contributed by atoms with Crippen molar-refractivity contribution in [3.8, 4) is 5.75 Å². The third kappa shape index (κ3) is 2.34. The Morgan fingerprint density at radius 3 is 2.89 bits per heavy atom. The van der Waals surface area contributed by atoms with E-state index in [9.17, 15) is 9.59 Å². The molecular formula is C13H13ClO4. The maximum atomic E-state index is 11.9. The second-order valence-electron chi connectivity index (χ2n) is 4.12. The maximum Gasteiger partial charge on any atom is 0.379 e. The Balaban J connectivity index is 2.40. The quantitative estimate of drug-likeness (QED) is 0.480. The van der Waals surface area contributed by atoms with Gasteiger partial charge < -0.3 is 9.47 Å². The van der Waals surface area contributed by atoms with Crippen LogP contribution in [0.5, 0.6) is 5.75 Å². The van der Waals surface area contributed by atoms with Crippen LogP contribution in [-0.4, -0.2) is 24.5 Å². The first-order valence-corrected chi connectivity index (χ1v) is 6.11. The highest BCUT2D eigenvalue weighted by atomic mass is 35.5. The number of halogens is 1. The second kappa shape index (κ2) is 4.98. The number of hydrogen-bond donors (Lipinski definition) is 0. The van der Waals surface area contributed by atoms with Crippen LogP contribution in [-0.2, 0) is 16.0 Å². The summed E-state index contributed by atoms with van der Waals surface area (Å²) in [7, 11) is 0. The van der Waals surface area contributed by atoms with E-state index in [2.05, 4.69) is 0 Å². The number of rotatable bonds is 3. The fraction of sp³-hybridized carbons (Fsp3) is 0.385. The van der Waals surface area contributed by atoms with Gasteiger partial charge in [0.15, 0.2) is 0 Å². The normalized spacial score (nSPS) is 16.9. The van der Waals surface area contributed by atoms with Crippen molar-refractivity contribution in [3.05, 3.63) is 28.3 Å². The van der Waals surface area contributed by atoms with Crippen molar-refractivity contribution in [3.63, 3.8) is 0 Å². The molecule has 0 aliphatic carbocycles. The molecule has 0 amide bonds. The molecule has 0 saturated heterocycles. The van der Waals surface area contributed by atoms with Crippen molar-refractivity contribution in [2.24, 2.45) is 0 Å². The zero-order valence-corrected chi connectivity index (χ0v) is 10.9. The van der Waals surface area contributed by atoms with E-state index in [1.807, 2.05) is 6.92 Å². The van der Waals surface area contributed by atoms with Crippen LogP contribution in [0.1, 0.15) is 29.8 Å². The van der Waals surface area contributed by atoms with Gasteiger partial charge in [-0.25, -0.2) is 4.79 Å². The number of hydrogen-bond acceptors (Lipinski definition) is 4. The third-order valence-corrected chi connectivity index (χ3v) is 2.88. The van der Waals surface area contributed by atoms with Crippen molar-refractivity contribution in [1.82, 2.24) is 0 Å². The van der Waals surface area contributed by atoms with E-state index in [0.29, 0.717) is 17.2 Å². The minimum atomic E-state index is -0.884. The van der Waals surface area contributed by atoms with E-state index in [-0.39, 0.29) is 18.3 Å². The number of carbonyl (C=O) groups is 2. The van der Waals surface area contributed by atoms with E-state index >= 15 is 0 Å². The van der Waals surface area contributed by atoms with Gasteiger partial charge in [-0.2, -0.15) is 0 Å². The highest BCUT2D eigenvalue weighted by molar-refractivity contribution is 6.42. The SMILES string of the molecule is CCOC(=O)C(=O)c1cc(Cl)cc2c1OC(C)C2. The molecule has 0 aromatic heterocycles. The van der Waals surface area contributed by atoms with E-state index in [4.69, 9.17) is 21.1 Å². The van der Waals surface area contributed by atoms with E-state index in [1.165, 1.54) is 6.07 Å². The van der Waals surface area contributed by atoms with Crippen molar-refractivity contribution < 1.29 is 19.1 Å². The molecule has 1 aromatic rings. The molecule has 1 aliphatic heterocycles. The van der Waals surface area contributed by atoms with Crippen LogP contribution in [0.2, 0.25) is 5.02 Å². The molecule has 4 nitrogen and oxygen atoms in total. The lowest BCUT2D eigenvalue weighted by Gasteiger charge is -2.08. The number of ketones is 1. The molecule has 1 aromatic carbocycles. The maximum absolute atomic E-state index is 11.9. The molecule has 1 heterocycles. The Hall–Kier alpha value is -1.55. The van der Waals surface area contributed by atoms with Gasteiger partial charge in [-0.3, -0.25) is 4.79 Å². The lowest BCUT2D eigenvalue weighted by Crippen LogP contribution is -2.18. The largest absolute Gasteiger partial charge is 0.489 e. The van der Waals surface area contributed by atoms with Crippen LogP contribution in [0.4, 0.5) is 0 Å². The Bertz CT molecular complexity index is 510. The summed E-state index contributed by atoms with van der Waals surface area (Å²) in [5, 5.41) is 0.416. The molecule has 0 N–H and O–H groups in total. The highest BCUT2D eigenvalue weighted by Gasteiger charge is 2.29. The van der Waals surface area contributed by atoms with Gasteiger partial charge >= 0.3 is 5.97 Å². The molecule has 5 heteroatoms. The molecule has 1 unspecified atom stereocenters. The summed E-state index contributed by atoms with van der Waals surface area (Å²) in [5.74, 6) is -1.15. The second-order valence-corrected chi connectivity index (χ2v) is 4.56. The van der Waals surface area contributed by atoms with Gasteiger partial charge in [0.2, 0.25) is 0 Å². The Kier molecular flexibility index (Phi) is 3.57. The average molecular weight is 269 g/mol. The molecule has 1 atom stereocenters. The molecule has 0 saturated carbocycles. The third-order valence-electron chi connectivity index (χ3n) is 2.66.